The standard InChI is InChI=1S/C23H36O3/c1-21-10-6-16(24)14-15(21)4-5-17-18(21)7-11-22(2)19(17)8-12-23(22)13-9-20(25-3)26-23/h4,16-20,24H,5-14H2,1-3H3. The fourth-order valence-corrected chi connectivity index (χ4v) is 8.22. The minimum absolute atomic E-state index is 0.0125. The molecule has 5 aliphatic rings. The van der Waals surface area contributed by atoms with Gasteiger partial charge in [0.2, 0.25) is 0 Å². The van der Waals surface area contributed by atoms with E-state index >= 15 is 0 Å². The maximum Gasteiger partial charge on any atom is 0.158 e. The third-order valence-corrected chi connectivity index (χ3v) is 9.77. The Labute approximate surface area is 158 Å². The number of hydrogen-bond acceptors (Lipinski definition) is 3. The van der Waals surface area contributed by atoms with Crippen LogP contribution in [0.5, 0.6) is 0 Å². The van der Waals surface area contributed by atoms with Crippen molar-refractivity contribution in [3.05, 3.63) is 11.6 Å². The number of rotatable bonds is 1. The fraction of sp³-hybridized carbons (Fsp3) is 0.913. The predicted molar refractivity (Wildman–Crippen MR) is 102 cm³/mol. The van der Waals surface area contributed by atoms with Crippen molar-refractivity contribution in [3.8, 4) is 0 Å². The van der Waals surface area contributed by atoms with Crippen molar-refractivity contribution in [1.82, 2.24) is 0 Å². The van der Waals surface area contributed by atoms with Gasteiger partial charge >= 0.3 is 0 Å². The molecule has 1 aliphatic heterocycles. The molecule has 1 N–H and O–H groups in total. The summed E-state index contributed by atoms with van der Waals surface area (Å²) in [6.45, 7) is 5.06. The molecule has 3 heteroatoms. The summed E-state index contributed by atoms with van der Waals surface area (Å²) in [6, 6.07) is 0. The van der Waals surface area contributed by atoms with Crippen LogP contribution in [0.25, 0.3) is 0 Å². The zero-order chi connectivity index (χ0) is 18.2. The van der Waals surface area contributed by atoms with E-state index in [1.54, 1.807) is 12.7 Å². The van der Waals surface area contributed by atoms with Crippen molar-refractivity contribution in [2.24, 2.45) is 28.6 Å². The van der Waals surface area contributed by atoms with Crippen molar-refractivity contribution >= 4 is 0 Å². The van der Waals surface area contributed by atoms with Gasteiger partial charge in [0.15, 0.2) is 6.29 Å². The summed E-state index contributed by atoms with van der Waals surface area (Å²) < 4.78 is 12.2. The molecule has 1 spiro atoms. The molecular weight excluding hydrogens is 324 g/mol. The van der Waals surface area contributed by atoms with E-state index in [-0.39, 0.29) is 18.0 Å². The molecule has 0 radical (unpaired) electrons. The van der Waals surface area contributed by atoms with Crippen molar-refractivity contribution in [1.29, 1.82) is 0 Å². The molecule has 0 aromatic carbocycles. The molecule has 26 heavy (non-hydrogen) atoms. The van der Waals surface area contributed by atoms with E-state index in [9.17, 15) is 5.11 Å². The van der Waals surface area contributed by atoms with Gasteiger partial charge < -0.3 is 14.6 Å². The Balaban J connectivity index is 1.45. The highest BCUT2D eigenvalue weighted by atomic mass is 16.7. The van der Waals surface area contributed by atoms with E-state index in [4.69, 9.17) is 9.47 Å². The van der Waals surface area contributed by atoms with Crippen LogP contribution in [0.2, 0.25) is 0 Å². The van der Waals surface area contributed by atoms with E-state index in [0.29, 0.717) is 10.8 Å². The van der Waals surface area contributed by atoms with Gasteiger partial charge in [0.25, 0.3) is 0 Å². The number of fused-ring (bicyclic) bond motifs is 6. The van der Waals surface area contributed by atoms with Crippen molar-refractivity contribution < 1.29 is 14.6 Å². The molecule has 8 atom stereocenters. The largest absolute Gasteiger partial charge is 0.393 e. The maximum atomic E-state index is 10.2. The molecule has 0 aromatic heterocycles. The van der Waals surface area contributed by atoms with E-state index in [1.165, 1.54) is 44.9 Å². The second-order valence-electron chi connectivity index (χ2n) is 10.5. The van der Waals surface area contributed by atoms with Gasteiger partial charge in [0.05, 0.1) is 11.7 Å². The molecule has 1 saturated heterocycles. The quantitative estimate of drug-likeness (QED) is 0.681. The smallest absolute Gasteiger partial charge is 0.158 e. The second kappa shape index (κ2) is 5.81. The zero-order valence-corrected chi connectivity index (χ0v) is 16.8. The molecule has 146 valence electrons. The predicted octanol–water partition coefficient (Wildman–Crippen LogP) is 4.83. The van der Waals surface area contributed by atoms with E-state index in [2.05, 4.69) is 19.9 Å². The van der Waals surface area contributed by atoms with Crippen molar-refractivity contribution in [3.63, 3.8) is 0 Å². The summed E-state index contributed by atoms with van der Waals surface area (Å²) in [5.74, 6) is 2.41. The zero-order valence-electron chi connectivity index (χ0n) is 16.8. The van der Waals surface area contributed by atoms with Crippen LogP contribution in [0.4, 0.5) is 0 Å². The Bertz CT molecular complexity index is 615. The Kier molecular flexibility index (Phi) is 3.96. The summed E-state index contributed by atoms with van der Waals surface area (Å²) in [4.78, 5) is 0. The van der Waals surface area contributed by atoms with Crippen LogP contribution in [-0.4, -0.2) is 30.2 Å². The lowest BCUT2D eigenvalue weighted by atomic mass is 9.47. The minimum atomic E-state index is -0.104. The third kappa shape index (κ3) is 2.17. The van der Waals surface area contributed by atoms with Gasteiger partial charge in [0, 0.05) is 13.5 Å². The Morgan fingerprint density at radius 3 is 2.58 bits per heavy atom. The first kappa shape index (κ1) is 17.7. The lowest BCUT2D eigenvalue weighted by Crippen LogP contribution is -2.54. The SMILES string of the molecule is COC1CCC2(CCC3C4CC=C5CC(O)CCC5(C)C4CCC32C)O1. The van der Waals surface area contributed by atoms with Gasteiger partial charge in [-0.15, -0.1) is 0 Å². The number of hydrogen-bond donors (Lipinski definition) is 1. The Hall–Kier alpha value is -0.380. The van der Waals surface area contributed by atoms with Crippen LogP contribution in [-0.2, 0) is 9.47 Å². The summed E-state index contributed by atoms with van der Waals surface area (Å²) in [5, 5.41) is 10.2. The number of aliphatic hydroxyl groups is 1. The van der Waals surface area contributed by atoms with E-state index in [1.807, 2.05) is 0 Å². The Morgan fingerprint density at radius 2 is 1.81 bits per heavy atom. The second-order valence-corrected chi connectivity index (χ2v) is 10.5. The average Bonchev–Trinajstić information content (AvgIpc) is 3.18. The molecular formula is C23H36O3. The maximum absolute atomic E-state index is 10.2. The van der Waals surface area contributed by atoms with Gasteiger partial charge in [-0.1, -0.05) is 25.5 Å². The molecule has 3 saturated carbocycles. The first-order valence-electron chi connectivity index (χ1n) is 11.0. The van der Waals surface area contributed by atoms with Gasteiger partial charge in [0.1, 0.15) is 0 Å². The molecule has 0 amide bonds. The highest BCUT2D eigenvalue weighted by Crippen LogP contribution is 2.69. The monoisotopic (exact) mass is 360 g/mol. The molecule has 1 heterocycles. The lowest BCUT2D eigenvalue weighted by Gasteiger charge is -2.59. The first-order chi connectivity index (χ1) is 12.4. The highest BCUT2D eigenvalue weighted by molar-refractivity contribution is 5.26. The van der Waals surface area contributed by atoms with Crippen LogP contribution < -0.4 is 0 Å². The van der Waals surface area contributed by atoms with Gasteiger partial charge in [-0.3, -0.25) is 0 Å². The number of allylic oxidation sites excluding steroid dienone is 1. The van der Waals surface area contributed by atoms with E-state index < -0.39 is 0 Å². The summed E-state index contributed by atoms with van der Waals surface area (Å²) in [7, 11) is 1.79. The summed E-state index contributed by atoms with van der Waals surface area (Å²) >= 11 is 0. The van der Waals surface area contributed by atoms with Crippen LogP contribution in [0.3, 0.4) is 0 Å². The summed E-state index contributed by atoms with van der Waals surface area (Å²) in [6.07, 6.45) is 14.2. The molecule has 4 fully saturated rings. The van der Waals surface area contributed by atoms with E-state index in [0.717, 1.165) is 37.0 Å². The van der Waals surface area contributed by atoms with Crippen molar-refractivity contribution in [2.45, 2.75) is 96.1 Å². The van der Waals surface area contributed by atoms with Crippen LogP contribution in [0, 0.1) is 28.6 Å². The third-order valence-electron chi connectivity index (χ3n) is 9.77. The van der Waals surface area contributed by atoms with Gasteiger partial charge in [-0.05, 0) is 86.4 Å². The molecule has 0 aromatic rings. The Morgan fingerprint density at radius 1 is 1.04 bits per heavy atom. The topological polar surface area (TPSA) is 38.7 Å². The number of methoxy groups -OCH3 is 1. The molecule has 0 bridgehead atoms. The fourth-order valence-electron chi connectivity index (χ4n) is 8.22. The summed E-state index contributed by atoms with van der Waals surface area (Å²) in [5.41, 5.74) is 2.30. The molecule has 3 nitrogen and oxygen atoms in total. The number of aliphatic hydroxyl groups excluding tert-OH is 1. The minimum Gasteiger partial charge on any atom is -0.393 e. The van der Waals surface area contributed by atoms with Crippen LogP contribution >= 0.6 is 0 Å². The normalized spacial score (nSPS) is 56.0. The van der Waals surface area contributed by atoms with Crippen LogP contribution in [0.1, 0.15) is 78.1 Å². The first-order valence-corrected chi connectivity index (χ1v) is 11.0. The molecule has 5 rings (SSSR count). The van der Waals surface area contributed by atoms with Crippen LogP contribution in [0.15, 0.2) is 11.6 Å². The average molecular weight is 361 g/mol. The highest BCUT2D eigenvalue weighted by Gasteiger charge is 2.66. The van der Waals surface area contributed by atoms with Crippen molar-refractivity contribution in [2.75, 3.05) is 7.11 Å². The molecule has 8 unspecified atom stereocenters. The van der Waals surface area contributed by atoms with Gasteiger partial charge in [-0.2, -0.15) is 0 Å². The lowest BCUT2D eigenvalue weighted by molar-refractivity contribution is -0.204. The van der Waals surface area contributed by atoms with Gasteiger partial charge in [-0.25, -0.2) is 0 Å². The number of ether oxygens (including phenoxy) is 2. The molecule has 4 aliphatic carbocycles.